The van der Waals surface area contributed by atoms with E-state index in [-0.39, 0.29) is 0 Å². The van der Waals surface area contributed by atoms with E-state index in [0.29, 0.717) is 17.9 Å². The summed E-state index contributed by atoms with van der Waals surface area (Å²) in [5.41, 5.74) is 2.73. The van der Waals surface area contributed by atoms with Crippen LogP contribution in [0, 0.1) is 12.8 Å². The van der Waals surface area contributed by atoms with Crippen LogP contribution in [0.2, 0.25) is 0 Å². The molecule has 0 saturated carbocycles. The zero-order valence-corrected chi connectivity index (χ0v) is 13.8. The number of hydrogen-bond acceptors (Lipinski definition) is 2. The first kappa shape index (κ1) is 17.2. The van der Waals surface area contributed by atoms with E-state index in [1.165, 1.54) is 11.1 Å². The van der Waals surface area contributed by atoms with Gasteiger partial charge in [-0.15, -0.1) is 0 Å². The first-order valence-electron chi connectivity index (χ1n) is 7.86. The molecule has 0 radical (unpaired) electrons. The highest BCUT2D eigenvalue weighted by Crippen LogP contribution is 2.20. The second-order valence-corrected chi connectivity index (χ2v) is 6.43. The molecule has 0 aliphatic rings. The number of hydrogen-bond donors (Lipinski definition) is 1. The van der Waals surface area contributed by atoms with Crippen LogP contribution in [0.25, 0.3) is 0 Å². The molecule has 1 atom stereocenters. The minimum atomic E-state index is 0.527. The molecule has 0 spiro atoms. The summed E-state index contributed by atoms with van der Waals surface area (Å²) in [6.45, 7) is 13.6. The molecule has 0 aliphatic carbocycles. The molecule has 0 aliphatic heterocycles. The van der Waals surface area contributed by atoms with Gasteiger partial charge in [0.1, 0.15) is 0 Å². The van der Waals surface area contributed by atoms with Crippen LogP contribution in [0.15, 0.2) is 24.3 Å². The van der Waals surface area contributed by atoms with Crippen LogP contribution in [0.5, 0.6) is 0 Å². The topological polar surface area (TPSA) is 21.3 Å². The summed E-state index contributed by atoms with van der Waals surface area (Å²) >= 11 is 0. The van der Waals surface area contributed by atoms with E-state index in [0.717, 1.165) is 26.2 Å². The Hall–Kier alpha value is -0.860. The Morgan fingerprint density at radius 2 is 1.70 bits per heavy atom. The number of aryl methyl sites for hydroxylation is 1. The fraction of sp³-hybridized carbons (Fsp3) is 0.667. The molecule has 20 heavy (non-hydrogen) atoms. The molecular formula is C18H31NO. The van der Waals surface area contributed by atoms with Crippen LogP contribution >= 0.6 is 0 Å². The van der Waals surface area contributed by atoms with E-state index in [1.54, 1.807) is 0 Å². The largest absolute Gasteiger partial charge is 0.381 e. The lowest BCUT2D eigenvalue weighted by Crippen LogP contribution is -2.28. The van der Waals surface area contributed by atoms with Crippen LogP contribution in [-0.2, 0) is 4.74 Å². The summed E-state index contributed by atoms with van der Waals surface area (Å²) < 4.78 is 5.75. The number of ether oxygens (including phenoxy) is 1. The van der Waals surface area contributed by atoms with Gasteiger partial charge in [0, 0.05) is 25.8 Å². The highest BCUT2D eigenvalue weighted by atomic mass is 16.5. The van der Waals surface area contributed by atoms with E-state index in [9.17, 15) is 0 Å². The Kier molecular flexibility index (Phi) is 7.86. The number of benzene rings is 1. The van der Waals surface area contributed by atoms with Gasteiger partial charge in [0.25, 0.3) is 0 Å². The zero-order chi connectivity index (χ0) is 15.0. The van der Waals surface area contributed by atoms with Crippen molar-refractivity contribution in [3.8, 4) is 0 Å². The predicted molar refractivity (Wildman–Crippen MR) is 87.3 cm³/mol. The van der Waals surface area contributed by atoms with Crippen molar-refractivity contribution in [2.24, 2.45) is 5.92 Å². The van der Waals surface area contributed by atoms with E-state index >= 15 is 0 Å². The van der Waals surface area contributed by atoms with Gasteiger partial charge in [-0.05, 0) is 30.7 Å². The van der Waals surface area contributed by atoms with Crippen molar-refractivity contribution in [2.75, 3.05) is 19.8 Å². The number of rotatable bonds is 9. The molecule has 1 N–H and O–H groups in total. The van der Waals surface area contributed by atoms with Gasteiger partial charge in [-0.3, -0.25) is 0 Å². The highest BCUT2D eigenvalue weighted by molar-refractivity contribution is 5.24. The lowest BCUT2D eigenvalue weighted by Gasteiger charge is -2.20. The van der Waals surface area contributed by atoms with Gasteiger partial charge in [-0.1, -0.05) is 57.5 Å². The molecule has 1 rings (SSSR count). The Morgan fingerprint density at radius 3 is 2.25 bits per heavy atom. The van der Waals surface area contributed by atoms with E-state index < -0.39 is 0 Å². The van der Waals surface area contributed by atoms with Crippen molar-refractivity contribution in [1.29, 1.82) is 0 Å². The molecule has 0 bridgehead atoms. The molecule has 114 valence electrons. The Balaban J connectivity index is 2.53. The summed E-state index contributed by atoms with van der Waals surface area (Å²) in [5, 5.41) is 3.55. The lowest BCUT2D eigenvalue weighted by atomic mass is 9.95. The third-order valence-electron chi connectivity index (χ3n) is 3.38. The van der Waals surface area contributed by atoms with Gasteiger partial charge in [0.2, 0.25) is 0 Å². The highest BCUT2D eigenvalue weighted by Gasteiger charge is 2.12. The van der Waals surface area contributed by atoms with Gasteiger partial charge in [0.15, 0.2) is 0 Å². The molecule has 1 aromatic rings. The fourth-order valence-corrected chi connectivity index (χ4v) is 2.15. The molecule has 0 aromatic heterocycles. The van der Waals surface area contributed by atoms with Gasteiger partial charge in [0.05, 0.1) is 0 Å². The first-order chi connectivity index (χ1) is 9.49. The number of nitrogens with one attached hydrogen (secondary N) is 1. The first-order valence-corrected chi connectivity index (χ1v) is 7.86. The van der Waals surface area contributed by atoms with Crippen LogP contribution in [-0.4, -0.2) is 25.8 Å². The Morgan fingerprint density at radius 1 is 1.05 bits per heavy atom. The minimum Gasteiger partial charge on any atom is -0.381 e. The second kappa shape index (κ2) is 9.15. The summed E-state index contributed by atoms with van der Waals surface area (Å²) in [6, 6.07) is 9.44. The van der Waals surface area contributed by atoms with E-state index in [4.69, 9.17) is 4.74 Å². The van der Waals surface area contributed by atoms with Crippen LogP contribution in [0.4, 0.5) is 0 Å². The van der Waals surface area contributed by atoms with Crippen LogP contribution < -0.4 is 5.32 Å². The molecule has 2 nitrogen and oxygen atoms in total. The molecule has 0 fully saturated rings. The van der Waals surface area contributed by atoms with Crippen LogP contribution in [0.3, 0.4) is 0 Å². The van der Waals surface area contributed by atoms with Gasteiger partial charge in [-0.2, -0.15) is 0 Å². The smallest absolute Gasteiger partial charge is 0.0488 e. The molecule has 1 unspecified atom stereocenters. The summed E-state index contributed by atoms with van der Waals surface area (Å²) in [7, 11) is 0. The minimum absolute atomic E-state index is 0.527. The molecule has 0 amide bonds. The second-order valence-electron chi connectivity index (χ2n) is 6.43. The molecule has 1 aromatic carbocycles. The maximum Gasteiger partial charge on any atom is 0.0488 e. The third kappa shape index (κ3) is 7.06. The quantitative estimate of drug-likeness (QED) is 0.685. The van der Waals surface area contributed by atoms with E-state index in [2.05, 4.69) is 64.2 Å². The Bertz CT molecular complexity index is 356. The SMILES string of the molecule is Cc1ccc(C(CCOCC(C)C)CNC(C)C)cc1. The summed E-state index contributed by atoms with van der Waals surface area (Å²) in [6.07, 6.45) is 1.08. The Labute approximate surface area is 124 Å². The van der Waals surface area contributed by atoms with Gasteiger partial charge >= 0.3 is 0 Å². The van der Waals surface area contributed by atoms with E-state index in [1.807, 2.05) is 0 Å². The standard InChI is InChI=1S/C18H31NO/c1-14(2)13-20-11-10-18(12-19-15(3)4)17-8-6-16(5)7-9-17/h6-9,14-15,18-19H,10-13H2,1-5H3. The molecule has 0 saturated heterocycles. The van der Waals surface area contributed by atoms with Crippen molar-refractivity contribution in [2.45, 2.75) is 53.0 Å². The summed E-state index contributed by atoms with van der Waals surface area (Å²) in [5.74, 6) is 1.15. The maximum atomic E-state index is 5.75. The van der Waals surface area contributed by atoms with Crippen molar-refractivity contribution in [3.63, 3.8) is 0 Å². The van der Waals surface area contributed by atoms with Crippen molar-refractivity contribution in [1.82, 2.24) is 5.32 Å². The predicted octanol–water partition coefficient (Wildman–Crippen LogP) is 4.14. The van der Waals surface area contributed by atoms with Gasteiger partial charge < -0.3 is 10.1 Å². The normalized spacial score (nSPS) is 13.2. The molecular weight excluding hydrogens is 246 g/mol. The fourth-order valence-electron chi connectivity index (χ4n) is 2.15. The van der Waals surface area contributed by atoms with Crippen LogP contribution in [0.1, 0.15) is 51.2 Å². The zero-order valence-electron chi connectivity index (χ0n) is 13.8. The molecule has 2 heteroatoms. The molecule has 0 heterocycles. The van der Waals surface area contributed by atoms with Crippen molar-refractivity contribution in [3.05, 3.63) is 35.4 Å². The van der Waals surface area contributed by atoms with Crippen molar-refractivity contribution < 1.29 is 4.74 Å². The average molecular weight is 277 g/mol. The lowest BCUT2D eigenvalue weighted by molar-refractivity contribution is 0.103. The third-order valence-corrected chi connectivity index (χ3v) is 3.38. The van der Waals surface area contributed by atoms with Gasteiger partial charge in [-0.25, -0.2) is 0 Å². The summed E-state index contributed by atoms with van der Waals surface area (Å²) in [4.78, 5) is 0. The van der Waals surface area contributed by atoms with Crippen molar-refractivity contribution >= 4 is 0 Å². The monoisotopic (exact) mass is 277 g/mol. The average Bonchev–Trinajstić information content (AvgIpc) is 2.38. The maximum absolute atomic E-state index is 5.75.